The summed E-state index contributed by atoms with van der Waals surface area (Å²) >= 11 is 3.12. The predicted molar refractivity (Wildman–Crippen MR) is 170 cm³/mol. The molecule has 47 heavy (non-hydrogen) atoms. The van der Waals surface area contributed by atoms with Crippen LogP contribution in [0.2, 0.25) is 0 Å². The highest BCUT2D eigenvalue weighted by molar-refractivity contribution is 7.37. The highest BCUT2D eigenvalue weighted by atomic mass is 32.2. The number of hydrogen-bond acceptors (Lipinski definition) is 2. The van der Waals surface area contributed by atoms with Crippen LogP contribution in [-0.2, 0) is 25.4 Å². The molecule has 0 saturated carbocycles. The first-order valence-electron chi connectivity index (χ1n) is 14.6. The van der Waals surface area contributed by atoms with Gasteiger partial charge >= 0.3 is 16.5 Å². The molecule has 0 aliphatic carbocycles. The van der Waals surface area contributed by atoms with Crippen molar-refractivity contribution in [1.29, 1.82) is 0 Å². The number of nitrogens with zero attached hydrogens (tertiary/aromatic N) is 3. The summed E-state index contributed by atoms with van der Waals surface area (Å²) in [4.78, 5) is 0. The summed E-state index contributed by atoms with van der Waals surface area (Å²) in [5.41, 5.74) is 3.58. The van der Waals surface area contributed by atoms with Gasteiger partial charge in [0.1, 0.15) is 4.70 Å². The van der Waals surface area contributed by atoms with Crippen LogP contribution in [0.25, 0.3) is 36.9 Å². The van der Waals surface area contributed by atoms with Crippen molar-refractivity contribution in [1.82, 2.24) is 0 Å². The smallest absolute Gasteiger partial charge is 0.189 e. The summed E-state index contributed by atoms with van der Waals surface area (Å²) in [6, 6.07) is 27.0. The minimum Gasteiger partial charge on any atom is -0.189 e. The second-order valence-corrected chi connectivity index (χ2v) is 13.4. The Bertz CT molecular complexity index is 2270. The third-order valence-corrected chi connectivity index (χ3v) is 10.4. The van der Waals surface area contributed by atoms with Crippen molar-refractivity contribution in [3.05, 3.63) is 143 Å². The van der Waals surface area contributed by atoms with Crippen LogP contribution in [0.15, 0.2) is 115 Å². The maximum atomic E-state index is 14.1. The molecule has 0 amide bonds. The molecule has 3 aromatic carbocycles. The molecule has 7 rings (SSSR count). The zero-order valence-electron chi connectivity index (χ0n) is 24.8. The van der Waals surface area contributed by atoms with Crippen molar-refractivity contribution in [3.63, 3.8) is 0 Å². The molecule has 0 bridgehead atoms. The van der Waals surface area contributed by atoms with Crippen LogP contribution in [0, 0.1) is 6.92 Å². The molecule has 0 aliphatic rings. The molecule has 3 nitrogen and oxygen atoms in total. The third kappa shape index (κ3) is 6.01. The van der Waals surface area contributed by atoms with E-state index in [9.17, 15) is 26.3 Å². The molecule has 0 fully saturated rings. The monoisotopic (exact) mass is 678 g/mol. The van der Waals surface area contributed by atoms with Crippen LogP contribution < -0.4 is 13.5 Å². The second kappa shape index (κ2) is 11.9. The lowest BCUT2D eigenvalue weighted by Gasteiger charge is -2.13. The van der Waals surface area contributed by atoms with Crippen molar-refractivity contribution < 1.29 is 39.9 Å². The minimum absolute atomic E-state index is 0.0113. The van der Waals surface area contributed by atoms with Gasteiger partial charge in [-0.15, -0.1) is 4.40 Å². The lowest BCUT2D eigenvalue weighted by atomic mass is 9.96. The fourth-order valence-corrected chi connectivity index (χ4v) is 8.13. The van der Waals surface area contributed by atoms with Gasteiger partial charge in [0.25, 0.3) is 17.1 Å². The van der Waals surface area contributed by atoms with Gasteiger partial charge in [0.05, 0.1) is 16.5 Å². The predicted octanol–water partition coefficient (Wildman–Crippen LogP) is 9.05. The Morgan fingerprint density at radius 1 is 0.638 bits per heavy atom. The van der Waals surface area contributed by atoms with E-state index in [0.29, 0.717) is 0 Å². The topological polar surface area (TPSA) is 11.9 Å². The average Bonchev–Trinajstić information content (AvgIpc) is 3.61. The Morgan fingerprint density at radius 2 is 1.21 bits per heavy atom. The van der Waals surface area contributed by atoms with E-state index in [1.54, 1.807) is 20.5 Å². The van der Waals surface area contributed by atoms with Crippen LogP contribution >= 0.6 is 22.7 Å². The van der Waals surface area contributed by atoms with Gasteiger partial charge in [-0.2, -0.15) is 35.5 Å². The zero-order chi connectivity index (χ0) is 32.9. The summed E-state index contributed by atoms with van der Waals surface area (Å²) in [6.07, 6.45) is -6.79. The number of aromatic nitrogens is 3. The SMILES string of the molecule is Cc1ccccc1-c1ccccc1C[n+]1ccc(C(F)(F)F)cc1-c1cc(C(F)(F)F)cc[n+]1Cc1csc2sc3ccccc3[n+]12. The van der Waals surface area contributed by atoms with Crippen molar-refractivity contribution in [2.75, 3.05) is 0 Å². The van der Waals surface area contributed by atoms with Crippen molar-refractivity contribution in [2.45, 2.75) is 32.4 Å². The first-order chi connectivity index (χ1) is 22.5. The van der Waals surface area contributed by atoms with Crippen LogP contribution in [0.5, 0.6) is 0 Å². The number of hydrogen-bond donors (Lipinski definition) is 0. The fourth-order valence-electron chi connectivity index (χ4n) is 5.88. The molecule has 7 aromatic rings. The van der Waals surface area contributed by atoms with E-state index < -0.39 is 23.5 Å². The van der Waals surface area contributed by atoms with E-state index in [-0.39, 0.29) is 24.5 Å². The van der Waals surface area contributed by atoms with Gasteiger partial charge < -0.3 is 0 Å². The standard InChI is InChI=1S/C36H26F6N3S2/c1-23-8-2-4-10-28(23)29-11-5-3-9-24(29)20-43-16-14-25(35(37,38)39)18-31(43)32-19-26(36(40,41)42)15-17-44(32)21-27-22-46-34-45(27)30-12-6-7-13-33(30)47-34/h2-19,22H,20-21H2,1H3/q+3. The van der Waals surface area contributed by atoms with Gasteiger partial charge in [-0.25, -0.2) is 0 Å². The molecule has 0 spiro atoms. The number of aryl methyl sites for hydroxylation is 1. The van der Waals surface area contributed by atoms with E-state index in [4.69, 9.17) is 0 Å². The lowest BCUT2D eigenvalue weighted by molar-refractivity contribution is -0.714. The number of alkyl halides is 6. The first-order valence-corrected chi connectivity index (χ1v) is 16.3. The summed E-state index contributed by atoms with van der Waals surface area (Å²) in [5.74, 6) is 0. The third-order valence-electron chi connectivity index (χ3n) is 8.18. The molecule has 0 radical (unpaired) electrons. The Hall–Kier alpha value is -4.61. The van der Waals surface area contributed by atoms with Gasteiger partial charge in [0, 0.05) is 35.9 Å². The molecule has 4 aromatic heterocycles. The van der Waals surface area contributed by atoms with E-state index in [1.807, 2.05) is 85.1 Å². The number of thiazole rings is 2. The normalized spacial score (nSPS) is 12.3. The average molecular weight is 679 g/mol. The highest BCUT2D eigenvalue weighted by Crippen LogP contribution is 2.34. The highest BCUT2D eigenvalue weighted by Gasteiger charge is 2.39. The number of benzene rings is 3. The number of halogens is 6. The number of para-hydroxylation sites is 1. The molecular weight excluding hydrogens is 653 g/mol. The van der Waals surface area contributed by atoms with Crippen LogP contribution in [0.4, 0.5) is 26.3 Å². The maximum Gasteiger partial charge on any atom is 0.416 e. The number of fused-ring (bicyclic) bond motifs is 3. The molecule has 4 heterocycles. The zero-order valence-corrected chi connectivity index (χ0v) is 26.4. The molecule has 236 valence electrons. The van der Waals surface area contributed by atoms with Crippen molar-refractivity contribution in [3.8, 4) is 22.5 Å². The summed E-state index contributed by atoms with van der Waals surface area (Å²) in [5, 5.41) is 1.94. The fraction of sp³-hybridized carbons (Fsp3) is 0.139. The molecule has 0 atom stereocenters. The molecule has 0 unspecified atom stereocenters. The second-order valence-electron chi connectivity index (χ2n) is 11.2. The van der Waals surface area contributed by atoms with Crippen molar-refractivity contribution in [2.24, 2.45) is 0 Å². The van der Waals surface area contributed by atoms with Crippen LogP contribution in [0.3, 0.4) is 0 Å². The van der Waals surface area contributed by atoms with Crippen LogP contribution in [0.1, 0.15) is 27.9 Å². The Balaban J connectivity index is 1.42. The molecular formula is C36H26F6N3S2+3. The molecule has 0 N–H and O–H groups in total. The largest absolute Gasteiger partial charge is 0.416 e. The molecule has 0 aliphatic heterocycles. The van der Waals surface area contributed by atoms with E-state index in [0.717, 1.165) is 66.6 Å². The maximum absolute atomic E-state index is 14.1. The van der Waals surface area contributed by atoms with Crippen molar-refractivity contribution >= 4 is 37.0 Å². The Morgan fingerprint density at radius 3 is 1.87 bits per heavy atom. The van der Waals surface area contributed by atoms with E-state index >= 15 is 0 Å². The lowest BCUT2D eigenvalue weighted by Crippen LogP contribution is -2.45. The van der Waals surface area contributed by atoms with E-state index in [2.05, 4.69) is 4.40 Å². The van der Waals surface area contributed by atoms with Gasteiger partial charge in [-0.3, -0.25) is 0 Å². The summed E-state index contributed by atoms with van der Waals surface area (Å²) in [6.45, 7) is 2.24. The Kier molecular flexibility index (Phi) is 7.84. The number of pyridine rings is 2. The number of rotatable bonds is 6. The van der Waals surface area contributed by atoms with E-state index in [1.165, 1.54) is 23.7 Å². The summed E-state index contributed by atoms with van der Waals surface area (Å²) < 4.78 is 92.1. The molecule has 0 saturated heterocycles. The minimum atomic E-state index is -4.70. The van der Waals surface area contributed by atoms with Gasteiger partial charge in [-0.1, -0.05) is 83.3 Å². The Labute approximate surface area is 273 Å². The van der Waals surface area contributed by atoms with Gasteiger partial charge in [-0.05, 0) is 29.7 Å². The quantitative estimate of drug-likeness (QED) is 0.123. The summed E-state index contributed by atoms with van der Waals surface area (Å²) in [7, 11) is 0. The first kappa shape index (κ1) is 31.0. The molecule has 11 heteroatoms. The van der Waals surface area contributed by atoms with Crippen LogP contribution in [-0.4, -0.2) is 0 Å². The van der Waals surface area contributed by atoms with Gasteiger partial charge in [0.15, 0.2) is 18.9 Å². The van der Waals surface area contributed by atoms with Gasteiger partial charge in [0.2, 0.25) is 12.1 Å².